The van der Waals surface area contributed by atoms with Crippen molar-refractivity contribution in [3.8, 4) is 11.5 Å². The van der Waals surface area contributed by atoms with Gasteiger partial charge in [-0.15, -0.1) is 0 Å². The molecule has 0 aliphatic carbocycles. The minimum absolute atomic E-state index is 0.194. The summed E-state index contributed by atoms with van der Waals surface area (Å²) in [5.74, 6) is -0.737. The third-order valence-corrected chi connectivity index (χ3v) is 5.04. The van der Waals surface area contributed by atoms with E-state index in [0.29, 0.717) is 24.3 Å². The van der Waals surface area contributed by atoms with E-state index in [1.54, 1.807) is 32.0 Å². The number of imide groups is 1. The number of rotatable bonds is 10. The van der Waals surface area contributed by atoms with Gasteiger partial charge in [-0.1, -0.05) is 19.9 Å². The van der Waals surface area contributed by atoms with E-state index < -0.39 is 42.5 Å². The van der Waals surface area contributed by atoms with Crippen LogP contribution in [0.3, 0.4) is 0 Å². The summed E-state index contributed by atoms with van der Waals surface area (Å²) in [4.78, 5) is 49.3. The largest absolute Gasteiger partial charge is 0.493 e. The number of benzene rings is 1. The number of hydrogen-bond acceptors (Lipinski definition) is 7. The van der Waals surface area contributed by atoms with Gasteiger partial charge in [0.05, 0.1) is 14.2 Å². The Hall–Kier alpha value is -3.30. The van der Waals surface area contributed by atoms with Crippen molar-refractivity contribution in [3.63, 3.8) is 0 Å². The first-order valence-corrected chi connectivity index (χ1v) is 9.57. The summed E-state index contributed by atoms with van der Waals surface area (Å²) in [5.41, 5.74) is -0.226. The Balaban J connectivity index is 1.82. The molecule has 0 saturated carbocycles. The van der Waals surface area contributed by atoms with Crippen LogP contribution in [-0.2, 0) is 25.7 Å². The van der Waals surface area contributed by atoms with E-state index in [-0.39, 0.29) is 6.54 Å². The molecule has 2 N–H and O–H groups in total. The van der Waals surface area contributed by atoms with Crippen LogP contribution in [0, 0.1) is 0 Å². The number of esters is 1. The average Bonchev–Trinajstić information content (AvgIpc) is 3.00. The summed E-state index contributed by atoms with van der Waals surface area (Å²) in [7, 11) is 3.04. The molecule has 1 fully saturated rings. The van der Waals surface area contributed by atoms with Gasteiger partial charge in [-0.3, -0.25) is 19.3 Å². The van der Waals surface area contributed by atoms with Crippen molar-refractivity contribution in [2.45, 2.75) is 38.8 Å². The summed E-state index contributed by atoms with van der Waals surface area (Å²) < 4.78 is 15.3. The van der Waals surface area contributed by atoms with Gasteiger partial charge in [0, 0.05) is 6.54 Å². The highest BCUT2D eigenvalue weighted by Crippen LogP contribution is 2.27. The molecule has 4 amide bonds. The van der Waals surface area contributed by atoms with Gasteiger partial charge >= 0.3 is 12.0 Å². The minimum atomic E-state index is -0.992. The topological polar surface area (TPSA) is 123 Å². The highest BCUT2D eigenvalue weighted by molar-refractivity contribution is 6.08. The van der Waals surface area contributed by atoms with Crippen LogP contribution in [0.1, 0.15) is 32.3 Å². The molecule has 1 aliphatic rings. The minimum Gasteiger partial charge on any atom is -0.493 e. The molecule has 1 saturated heterocycles. The number of nitrogens with one attached hydrogen (secondary N) is 2. The van der Waals surface area contributed by atoms with Gasteiger partial charge in [-0.2, -0.15) is 0 Å². The van der Waals surface area contributed by atoms with E-state index in [4.69, 9.17) is 14.2 Å². The number of carbonyl (C=O) groups is 4. The van der Waals surface area contributed by atoms with Crippen LogP contribution in [0.2, 0.25) is 0 Å². The van der Waals surface area contributed by atoms with Crippen molar-refractivity contribution in [2.75, 3.05) is 27.4 Å². The molecule has 2 rings (SSSR count). The first kappa shape index (κ1) is 23.0. The lowest BCUT2D eigenvalue weighted by Crippen LogP contribution is -2.46. The molecule has 0 aromatic heterocycles. The average molecular weight is 421 g/mol. The van der Waals surface area contributed by atoms with Crippen molar-refractivity contribution in [1.29, 1.82) is 0 Å². The van der Waals surface area contributed by atoms with E-state index in [1.807, 2.05) is 0 Å². The number of urea groups is 1. The molecule has 0 radical (unpaired) electrons. The fourth-order valence-corrected chi connectivity index (χ4v) is 3.11. The molecular formula is C20H27N3O7. The molecule has 0 spiro atoms. The molecule has 30 heavy (non-hydrogen) atoms. The van der Waals surface area contributed by atoms with E-state index in [9.17, 15) is 19.2 Å². The Kier molecular flexibility index (Phi) is 7.62. The van der Waals surface area contributed by atoms with Crippen LogP contribution in [0.25, 0.3) is 0 Å². The smallest absolute Gasteiger partial charge is 0.326 e. The Morgan fingerprint density at radius 1 is 1.10 bits per heavy atom. The van der Waals surface area contributed by atoms with Crippen molar-refractivity contribution in [1.82, 2.24) is 15.5 Å². The fourth-order valence-electron chi connectivity index (χ4n) is 3.11. The van der Waals surface area contributed by atoms with Crippen LogP contribution >= 0.6 is 0 Å². The number of hydrogen-bond donors (Lipinski definition) is 2. The SMILES string of the molecule is CCC1(CC)NC(=O)N(CC(=O)OCC(=O)NCc2ccc(OC)c(OC)c2)C1=O. The Labute approximate surface area is 174 Å². The normalized spacial score (nSPS) is 14.9. The van der Waals surface area contributed by atoms with Gasteiger partial charge in [0.25, 0.3) is 11.8 Å². The fraction of sp³-hybridized carbons (Fsp3) is 0.500. The lowest BCUT2D eigenvalue weighted by atomic mass is 9.93. The lowest BCUT2D eigenvalue weighted by molar-refractivity contribution is -0.151. The zero-order valence-electron chi connectivity index (χ0n) is 17.6. The van der Waals surface area contributed by atoms with Gasteiger partial charge < -0.3 is 24.8 Å². The summed E-state index contributed by atoms with van der Waals surface area (Å²) in [6.45, 7) is 2.69. The predicted octanol–water partition coefficient (Wildman–Crippen LogP) is 0.974. The number of ether oxygens (including phenoxy) is 3. The van der Waals surface area contributed by atoms with Crippen molar-refractivity contribution >= 4 is 23.8 Å². The Morgan fingerprint density at radius 2 is 1.77 bits per heavy atom. The number of methoxy groups -OCH3 is 2. The highest BCUT2D eigenvalue weighted by atomic mass is 16.5. The maximum absolute atomic E-state index is 12.5. The zero-order valence-corrected chi connectivity index (χ0v) is 17.6. The molecule has 10 heteroatoms. The molecule has 0 atom stereocenters. The summed E-state index contributed by atoms with van der Waals surface area (Å²) in [6.07, 6.45) is 0.830. The van der Waals surface area contributed by atoms with Crippen molar-refractivity contribution in [3.05, 3.63) is 23.8 Å². The van der Waals surface area contributed by atoms with E-state index >= 15 is 0 Å². The van der Waals surface area contributed by atoms with Crippen molar-refractivity contribution < 1.29 is 33.4 Å². The Morgan fingerprint density at radius 3 is 2.33 bits per heavy atom. The summed E-state index contributed by atoms with van der Waals surface area (Å²) in [6, 6.07) is 4.55. The van der Waals surface area contributed by atoms with Crippen LogP contribution < -0.4 is 20.1 Å². The maximum Gasteiger partial charge on any atom is 0.326 e. The second-order valence-electron chi connectivity index (χ2n) is 6.74. The van der Waals surface area contributed by atoms with Gasteiger partial charge in [0.1, 0.15) is 12.1 Å². The molecule has 1 aromatic rings. The molecule has 164 valence electrons. The van der Waals surface area contributed by atoms with Crippen molar-refractivity contribution in [2.24, 2.45) is 0 Å². The molecule has 1 aromatic carbocycles. The second-order valence-corrected chi connectivity index (χ2v) is 6.74. The molecule has 1 aliphatic heterocycles. The number of nitrogens with zero attached hydrogens (tertiary/aromatic N) is 1. The highest BCUT2D eigenvalue weighted by Gasteiger charge is 2.49. The first-order valence-electron chi connectivity index (χ1n) is 9.57. The van der Waals surface area contributed by atoms with Crippen LogP contribution in [0.4, 0.5) is 4.79 Å². The monoisotopic (exact) mass is 421 g/mol. The van der Waals surface area contributed by atoms with Crippen LogP contribution in [0.5, 0.6) is 11.5 Å². The predicted molar refractivity (Wildman–Crippen MR) is 106 cm³/mol. The quantitative estimate of drug-likeness (QED) is 0.426. The Bertz CT molecular complexity index is 821. The maximum atomic E-state index is 12.5. The van der Waals surface area contributed by atoms with Gasteiger partial charge in [0.2, 0.25) is 0 Å². The van der Waals surface area contributed by atoms with Gasteiger partial charge in [0.15, 0.2) is 18.1 Å². The standard InChI is InChI=1S/C20H27N3O7/c1-5-20(6-2)18(26)23(19(27)22-20)11-17(25)30-12-16(24)21-10-13-7-8-14(28-3)15(9-13)29-4/h7-9H,5-6,10-12H2,1-4H3,(H,21,24)(H,22,27). The molecule has 10 nitrogen and oxygen atoms in total. The molecule has 0 bridgehead atoms. The van der Waals surface area contributed by atoms with E-state index in [0.717, 1.165) is 10.5 Å². The van der Waals surface area contributed by atoms with Gasteiger partial charge in [-0.05, 0) is 30.5 Å². The van der Waals surface area contributed by atoms with Crippen LogP contribution in [-0.4, -0.2) is 61.6 Å². The lowest BCUT2D eigenvalue weighted by Gasteiger charge is -2.22. The molecular weight excluding hydrogens is 394 g/mol. The van der Waals surface area contributed by atoms with Crippen LogP contribution in [0.15, 0.2) is 18.2 Å². The van der Waals surface area contributed by atoms with E-state index in [2.05, 4.69) is 10.6 Å². The first-order chi connectivity index (χ1) is 14.3. The third kappa shape index (κ3) is 5.00. The number of amides is 4. The van der Waals surface area contributed by atoms with E-state index in [1.165, 1.54) is 14.2 Å². The second kappa shape index (κ2) is 9.95. The summed E-state index contributed by atoms with van der Waals surface area (Å²) >= 11 is 0. The van der Waals surface area contributed by atoms with Gasteiger partial charge in [-0.25, -0.2) is 4.79 Å². The molecule has 0 unspecified atom stereocenters. The third-order valence-electron chi connectivity index (χ3n) is 5.04. The summed E-state index contributed by atoms with van der Waals surface area (Å²) in [5, 5.41) is 5.24. The molecule has 1 heterocycles. The number of carbonyl (C=O) groups excluding carboxylic acids is 4. The zero-order chi connectivity index (χ0) is 22.3.